The fourth-order valence-corrected chi connectivity index (χ4v) is 4.97. The highest BCUT2D eigenvalue weighted by atomic mass is 16.2. The van der Waals surface area contributed by atoms with Gasteiger partial charge in [-0.1, -0.05) is 12.1 Å². The second kappa shape index (κ2) is 8.51. The Bertz CT molecular complexity index is 1450. The largest absolute Gasteiger partial charge is 0.326 e. The van der Waals surface area contributed by atoms with Gasteiger partial charge >= 0.3 is 0 Å². The maximum Gasteiger partial charge on any atom is 0.250 e. The molecule has 3 heterocycles. The molecule has 1 aliphatic heterocycles. The smallest absolute Gasteiger partial charge is 0.250 e. The van der Waals surface area contributed by atoms with Crippen molar-refractivity contribution in [2.24, 2.45) is 18.4 Å². The number of carbonyl (C=O) groups excluding carboxylic acids is 2. The molecule has 0 radical (unpaired) electrons. The first-order chi connectivity index (χ1) is 16.8. The number of pyridine rings is 2. The molecule has 0 bridgehead atoms. The molecule has 1 atom stereocenters. The number of hydrogen-bond acceptors (Lipinski definition) is 5. The summed E-state index contributed by atoms with van der Waals surface area (Å²) in [7, 11) is 1.68. The van der Waals surface area contributed by atoms with Gasteiger partial charge in [0.05, 0.1) is 17.5 Å². The molecule has 1 saturated heterocycles. The Morgan fingerprint density at radius 3 is 2.69 bits per heavy atom. The topological polar surface area (TPSA) is 108 Å². The van der Waals surface area contributed by atoms with Crippen molar-refractivity contribution in [1.29, 1.82) is 5.26 Å². The lowest BCUT2D eigenvalue weighted by Gasteiger charge is -2.22. The lowest BCUT2D eigenvalue weighted by molar-refractivity contribution is -0.123. The average Bonchev–Trinajstić information content (AvgIpc) is 3.64. The van der Waals surface area contributed by atoms with Crippen LogP contribution in [0.25, 0.3) is 22.4 Å². The molecule has 8 heteroatoms. The first-order valence-electron chi connectivity index (χ1n) is 11.6. The van der Waals surface area contributed by atoms with E-state index in [0.29, 0.717) is 35.6 Å². The molecule has 1 N–H and O–H groups in total. The highest BCUT2D eigenvalue weighted by molar-refractivity contribution is 6.03. The van der Waals surface area contributed by atoms with Crippen molar-refractivity contribution in [3.63, 3.8) is 0 Å². The van der Waals surface area contributed by atoms with Crippen LogP contribution in [0.1, 0.15) is 26.2 Å². The molecule has 2 aromatic heterocycles. The van der Waals surface area contributed by atoms with Gasteiger partial charge in [0.25, 0.3) is 0 Å². The number of carbonyl (C=O) groups is 2. The van der Waals surface area contributed by atoms with E-state index in [9.17, 15) is 19.6 Å². The Hall–Kier alpha value is -4.25. The van der Waals surface area contributed by atoms with Gasteiger partial charge in [-0.15, -0.1) is 0 Å². The van der Waals surface area contributed by atoms with Gasteiger partial charge in [-0.2, -0.15) is 5.26 Å². The van der Waals surface area contributed by atoms with Gasteiger partial charge in [0, 0.05) is 50.2 Å². The average molecular weight is 468 g/mol. The third-order valence-corrected chi connectivity index (χ3v) is 6.91. The minimum absolute atomic E-state index is 0.127. The fraction of sp³-hybridized carbons (Fsp3) is 0.296. The maximum atomic E-state index is 13.4. The summed E-state index contributed by atoms with van der Waals surface area (Å²) in [5, 5.41) is 12.7. The van der Waals surface area contributed by atoms with E-state index in [1.54, 1.807) is 42.5 Å². The van der Waals surface area contributed by atoms with Crippen LogP contribution in [0.4, 0.5) is 11.4 Å². The Kier molecular flexibility index (Phi) is 5.48. The second-order valence-corrected chi connectivity index (χ2v) is 9.24. The third-order valence-electron chi connectivity index (χ3n) is 6.91. The minimum Gasteiger partial charge on any atom is -0.326 e. The van der Waals surface area contributed by atoms with E-state index >= 15 is 0 Å². The molecule has 1 saturated carbocycles. The van der Waals surface area contributed by atoms with Crippen molar-refractivity contribution in [2.45, 2.75) is 26.2 Å². The van der Waals surface area contributed by atoms with E-state index in [1.165, 1.54) is 17.6 Å². The lowest BCUT2D eigenvalue weighted by Crippen LogP contribution is -2.35. The van der Waals surface area contributed by atoms with Gasteiger partial charge in [-0.05, 0) is 60.6 Å². The zero-order chi connectivity index (χ0) is 24.7. The summed E-state index contributed by atoms with van der Waals surface area (Å²) < 4.78 is 1.50. The Balaban J connectivity index is 1.62. The summed E-state index contributed by atoms with van der Waals surface area (Å²) in [5.41, 5.74) is 3.01. The van der Waals surface area contributed by atoms with Crippen molar-refractivity contribution >= 4 is 23.2 Å². The van der Waals surface area contributed by atoms with E-state index in [0.717, 1.165) is 24.0 Å². The number of nitrogens with one attached hydrogen (secondary N) is 1. The quantitative estimate of drug-likeness (QED) is 0.615. The number of rotatable bonds is 5. The maximum absolute atomic E-state index is 13.4. The van der Waals surface area contributed by atoms with Crippen LogP contribution in [0.5, 0.6) is 0 Å². The van der Waals surface area contributed by atoms with Crippen LogP contribution in [-0.4, -0.2) is 27.9 Å². The van der Waals surface area contributed by atoms with Crippen LogP contribution >= 0.6 is 0 Å². The van der Waals surface area contributed by atoms with E-state index in [1.807, 2.05) is 18.2 Å². The summed E-state index contributed by atoms with van der Waals surface area (Å²) >= 11 is 0. The van der Waals surface area contributed by atoms with Crippen molar-refractivity contribution < 1.29 is 9.59 Å². The molecule has 0 spiro atoms. The summed E-state index contributed by atoms with van der Waals surface area (Å²) in [5.74, 6) is -0.228. The van der Waals surface area contributed by atoms with Crippen LogP contribution in [0.2, 0.25) is 0 Å². The zero-order valence-corrected chi connectivity index (χ0v) is 19.6. The minimum atomic E-state index is -0.933. The molecule has 8 nitrogen and oxygen atoms in total. The molecule has 176 valence electrons. The summed E-state index contributed by atoms with van der Waals surface area (Å²) in [4.78, 5) is 43.5. The number of nitrogens with zero attached hydrogens (tertiary/aromatic N) is 4. The number of aryl methyl sites for hydroxylation is 1. The Labute approximate surface area is 202 Å². The van der Waals surface area contributed by atoms with Gasteiger partial charge in [-0.25, -0.2) is 0 Å². The molecular weight excluding hydrogens is 442 g/mol. The van der Waals surface area contributed by atoms with Crippen LogP contribution in [0.3, 0.4) is 0 Å². The Morgan fingerprint density at radius 1 is 1.20 bits per heavy atom. The van der Waals surface area contributed by atoms with E-state index in [2.05, 4.69) is 16.4 Å². The molecule has 35 heavy (non-hydrogen) atoms. The highest BCUT2D eigenvalue weighted by Gasteiger charge is 2.56. The first kappa shape index (κ1) is 22.5. The molecule has 0 unspecified atom stereocenters. The third kappa shape index (κ3) is 3.89. The number of hydrogen-bond donors (Lipinski definition) is 1. The Morgan fingerprint density at radius 2 is 2.00 bits per heavy atom. The van der Waals surface area contributed by atoms with E-state index in [4.69, 9.17) is 0 Å². The lowest BCUT2D eigenvalue weighted by atomic mass is 9.83. The molecular formula is C27H25N5O3. The molecule has 1 aromatic carbocycles. The zero-order valence-electron chi connectivity index (χ0n) is 19.6. The highest BCUT2D eigenvalue weighted by Crippen LogP contribution is 2.52. The van der Waals surface area contributed by atoms with Crippen LogP contribution in [0, 0.1) is 22.7 Å². The molecule has 1 aliphatic carbocycles. The summed E-state index contributed by atoms with van der Waals surface area (Å²) in [6.45, 7) is 1.92. The van der Waals surface area contributed by atoms with Gasteiger partial charge < -0.3 is 14.8 Å². The normalized spacial score (nSPS) is 19.5. The van der Waals surface area contributed by atoms with Gasteiger partial charge in [-0.3, -0.25) is 19.4 Å². The summed E-state index contributed by atoms with van der Waals surface area (Å²) in [6, 6.07) is 14.7. The fourth-order valence-electron chi connectivity index (χ4n) is 4.97. The standard InChI is InChI=1S/C27H25N5O3/c1-17(33)30-22-5-3-4-21(18-6-9-24(34)31(2)15-18)25(22)23-14-20(10-12-29-23)32-13-11-27(16-28,26(32)35)19-7-8-19/h3-6,9-10,12,14-15,19H,7-8,11,13H2,1-2H3,(H,30,33)/t27-/m1/s1. The molecule has 5 rings (SSSR count). The van der Waals surface area contributed by atoms with Crippen LogP contribution in [-0.2, 0) is 16.6 Å². The molecule has 3 aromatic rings. The van der Waals surface area contributed by atoms with Crippen molar-refractivity contribution in [3.8, 4) is 28.5 Å². The van der Waals surface area contributed by atoms with Crippen LogP contribution in [0.15, 0.2) is 59.7 Å². The second-order valence-electron chi connectivity index (χ2n) is 9.24. The number of amides is 2. The number of anilines is 2. The van der Waals surface area contributed by atoms with Crippen molar-refractivity contribution in [2.75, 3.05) is 16.8 Å². The SMILES string of the molecule is CC(=O)Nc1cccc(-c2ccc(=O)n(C)c2)c1-c1cc(N2CC[C@@](C#N)(C3CC3)C2=O)ccn1. The number of aromatic nitrogens is 2. The summed E-state index contributed by atoms with van der Waals surface area (Å²) in [6.07, 6.45) is 5.74. The number of nitriles is 1. The van der Waals surface area contributed by atoms with Crippen molar-refractivity contribution in [3.05, 3.63) is 65.2 Å². The van der Waals surface area contributed by atoms with E-state index in [-0.39, 0.29) is 23.3 Å². The van der Waals surface area contributed by atoms with Gasteiger partial charge in [0.2, 0.25) is 17.4 Å². The molecule has 2 fully saturated rings. The molecule has 2 aliphatic rings. The predicted molar refractivity (Wildman–Crippen MR) is 132 cm³/mol. The van der Waals surface area contributed by atoms with Crippen molar-refractivity contribution in [1.82, 2.24) is 9.55 Å². The van der Waals surface area contributed by atoms with Crippen LogP contribution < -0.4 is 15.8 Å². The van der Waals surface area contributed by atoms with E-state index < -0.39 is 5.41 Å². The number of benzene rings is 1. The van der Waals surface area contributed by atoms with Gasteiger partial charge in [0.1, 0.15) is 5.41 Å². The van der Waals surface area contributed by atoms with Gasteiger partial charge in [0.15, 0.2) is 0 Å². The monoisotopic (exact) mass is 467 g/mol. The first-order valence-corrected chi connectivity index (χ1v) is 11.6. The molecule has 2 amide bonds. The predicted octanol–water partition coefficient (Wildman–Crippen LogP) is 3.73.